The van der Waals surface area contributed by atoms with Crippen LogP contribution in [0.15, 0.2) is 18.2 Å². The predicted molar refractivity (Wildman–Crippen MR) is 76.6 cm³/mol. The van der Waals surface area contributed by atoms with Crippen LogP contribution in [0.4, 0.5) is 4.39 Å². The molecule has 1 heterocycles. The monoisotopic (exact) mass is 285 g/mol. The zero-order valence-electron chi connectivity index (χ0n) is 11.3. The summed E-state index contributed by atoms with van der Waals surface area (Å²) in [5, 5.41) is 3.28. The van der Waals surface area contributed by atoms with Gasteiger partial charge in [-0.15, -0.1) is 0 Å². The van der Waals surface area contributed by atoms with Gasteiger partial charge in [-0.05, 0) is 31.2 Å². The van der Waals surface area contributed by atoms with E-state index in [0.717, 1.165) is 30.1 Å². The Morgan fingerprint density at radius 2 is 2.42 bits per heavy atom. The molecule has 0 saturated carbocycles. The van der Waals surface area contributed by atoms with Gasteiger partial charge in [0, 0.05) is 17.5 Å². The fraction of sp³-hybridized carbons (Fsp3) is 0.571. The first-order valence-corrected chi connectivity index (χ1v) is 7.59. The van der Waals surface area contributed by atoms with Crippen molar-refractivity contribution in [3.05, 3.63) is 29.6 Å². The van der Waals surface area contributed by atoms with Crippen molar-refractivity contribution in [2.24, 2.45) is 0 Å². The number of nitrogens with one attached hydrogen (secondary N) is 1. The van der Waals surface area contributed by atoms with Gasteiger partial charge in [-0.3, -0.25) is 0 Å². The summed E-state index contributed by atoms with van der Waals surface area (Å²) in [4.78, 5) is 0. The molecule has 0 amide bonds. The summed E-state index contributed by atoms with van der Waals surface area (Å²) in [6.45, 7) is 0.796. The molecule has 0 bridgehead atoms. The molecule has 2 atom stereocenters. The number of rotatable bonds is 5. The highest BCUT2D eigenvalue weighted by Gasteiger charge is 2.24. The molecule has 1 aromatic rings. The molecule has 1 saturated heterocycles. The van der Waals surface area contributed by atoms with E-state index in [4.69, 9.17) is 9.47 Å². The van der Waals surface area contributed by atoms with Crippen molar-refractivity contribution in [3.8, 4) is 5.75 Å². The van der Waals surface area contributed by atoms with Crippen molar-refractivity contribution in [3.63, 3.8) is 0 Å². The van der Waals surface area contributed by atoms with Crippen molar-refractivity contribution < 1.29 is 13.9 Å². The smallest absolute Gasteiger partial charge is 0.165 e. The lowest BCUT2D eigenvalue weighted by atomic mass is 10.0. The van der Waals surface area contributed by atoms with Crippen LogP contribution in [0, 0.1) is 5.82 Å². The molecule has 1 aliphatic heterocycles. The van der Waals surface area contributed by atoms with Crippen molar-refractivity contribution >= 4 is 11.8 Å². The Hall–Kier alpha value is -0.780. The Bertz CT molecular complexity index is 410. The van der Waals surface area contributed by atoms with E-state index in [9.17, 15) is 4.39 Å². The van der Waals surface area contributed by atoms with Crippen LogP contribution in [0.5, 0.6) is 5.75 Å². The third-order valence-electron chi connectivity index (χ3n) is 3.33. The van der Waals surface area contributed by atoms with Crippen LogP contribution in [-0.4, -0.2) is 44.4 Å². The molecule has 1 aliphatic rings. The average Bonchev–Trinajstić information content (AvgIpc) is 2.46. The fourth-order valence-corrected chi connectivity index (χ4v) is 3.19. The molecule has 3 nitrogen and oxygen atoms in total. The van der Waals surface area contributed by atoms with Crippen molar-refractivity contribution in [2.45, 2.75) is 18.6 Å². The van der Waals surface area contributed by atoms with Gasteiger partial charge in [0.05, 0.1) is 19.8 Å². The number of methoxy groups -OCH3 is 1. The standard InChI is InChI=1S/C14H20FNO2S/c1-16-12(14-9-19-6-5-18-14)8-10-3-4-13(17-2)11(15)7-10/h3-4,7,12,14,16H,5-6,8-9H2,1-2H3. The first-order valence-electron chi connectivity index (χ1n) is 6.43. The van der Waals surface area contributed by atoms with E-state index in [1.807, 2.05) is 24.9 Å². The Morgan fingerprint density at radius 1 is 1.58 bits per heavy atom. The van der Waals surface area contributed by atoms with E-state index in [1.165, 1.54) is 7.11 Å². The van der Waals surface area contributed by atoms with Crippen LogP contribution in [-0.2, 0) is 11.2 Å². The molecule has 0 radical (unpaired) electrons. The topological polar surface area (TPSA) is 30.5 Å². The summed E-state index contributed by atoms with van der Waals surface area (Å²) in [7, 11) is 3.40. The van der Waals surface area contributed by atoms with Crippen LogP contribution in [0.25, 0.3) is 0 Å². The first kappa shape index (κ1) is 14.6. The summed E-state index contributed by atoms with van der Waals surface area (Å²) in [5.41, 5.74) is 0.955. The second-order valence-corrected chi connectivity index (χ2v) is 5.70. The number of ether oxygens (including phenoxy) is 2. The van der Waals surface area contributed by atoms with E-state index in [-0.39, 0.29) is 23.7 Å². The molecule has 0 aliphatic carbocycles. The summed E-state index contributed by atoms with van der Waals surface area (Å²) < 4.78 is 24.4. The quantitative estimate of drug-likeness (QED) is 0.897. The molecule has 0 spiro atoms. The van der Waals surface area contributed by atoms with Gasteiger partial charge in [-0.25, -0.2) is 4.39 Å². The van der Waals surface area contributed by atoms with Crippen LogP contribution in [0.2, 0.25) is 0 Å². The molecule has 0 aromatic heterocycles. The number of thioether (sulfide) groups is 1. The van der Waals surface area contributed by atoms with Gasteiger partial charge >= 0.3 is 0 Å². The summed E-state index contributed by atoms with van der Waals surface area (Å²) in [6, 6.07) is 5.33. The molecular weight excluding hydrogens is 265 g/mol. The van der Waals surface area contributed by atoms with Crippen LogP contribution in [0.3, 0.4) is 0 Å². The average molecular weight is 285 g/mol. The second-order valence-electron chi connectivity index (χ2n) is 4.55. The SMILES string of the molecule is CNC(Cc1ccc(OC)c(F)c1)C1CSCCO1. The minimum absolute atomic E-state index is 0.189. The number of halogens is 1. The zero-order valence-corrected chi connectivity index (χ0v) is 12.1. The highest BCUT2D eigenvalue weighted by atomic mass is 32.2. The maximum atomic E-state index is 13.7. The van der Waals surface area contributed by atoms with E-state index in [0.29, 0.717) is 0 Å². The minimum atomic E-state index is -0.311. The third kappa shape index (κ3) is 3.84. The van der Waals surface area contributed by atoms with Gasteiger partial charge in [0.15, 0.2) is 11.6 Å². The van der Waals surface area contributed by atoms with E-state index in [1.54, 1.807) is 12.1 Å². The first-order chi connectivity index (χ1) is 9.24. The number of benzene rings is 1. The largest absolute Gasteiger partial charge is 0.494 e. The van der Waals surface area contributed by atoms with Crippen molar-refractivity contribution in [2.75, 3.05) is 32.3 Å². The Morgan fingerprint density at radius 3 is 3.00 bits per heavy atom. The molecular formula is C14H20FNO2S. The van der Waals surface area contributed by atoms with Crippen molar-refractivity contribution in [1.82, 2.24) is 5.32 Å². The normalized spacial score (nSPS) is 21.1. The van der Waals surface area contributed by atoms with Gasteiger partial charge in [-0.2, -0.15) is 11.8 Å². The van der Waals surface area contributed by atoms with Crippen LogP contribution >= 0.6 is 11.8 Å². The number of hydrogen-bond donors (Lipinski definition) is 1. The molecule has 1 N–H and O–H groups in total. The van der Waals surface area contributed by atoms with Gasteiger partial charge in [-0.1, -0.05) is 6.07 Å². The number of likely N-dealkylation sites (N-methyl/N-ethyl adjacent to an activating group) is 1. The minimum Gasteiger partial charge on any atom is -0.494 e. The predicted octanol–water partition coefficient (Wildman–Crippen LogP) is 2.10. The van der Waals surface area contributed by atoms with Crippen LogP contribution in [0.1, 0.15) is 5.56 Å². The molecule has 5 heteroatoms. The Kier molecular flexibility index (Phi) is 5.48. The zero-order chi connectivity index (χ0) is 13.7. The maximum absolute atomic E-state index is 13.7. The van der Waals surface area contributed by atoms with Gasteiger partial charge in [0.2, 0.25) is 0 Å². The van der Waals surface area contributed by atoms with Crippen LogP contribution < -0.4 is 10.1 Å². The second kappa shape index (κ2) is 7.12. The van der Waals surface area contributed by atoms with Gasteiger partial charge in [0.25, 0.3) is 0 Å². The van der Waals surface area contributed by atoms with E-state index >= 15 is 0 Å². The lowest BCUT2D eigenvalue weighted by Gasteiger charge is -2.30. The molecule has 2 rings (SSSR count). The maximum Gasteiger partial charge on any atom is 0.165 e. The summed E-state index contributed by atoms with van der Waals surface area (Å²) in [6.07, 6.45) is 0.941. The van der Waals surface area contributed by atoms with Gasteiger partial charge in [0.1, 0.15) is 0 Å². The molecule has 2 unspecified atom stereocenters. The molecule has 1 aromatic carbocycles. The molecule has 19 heavy (non-hydrogen) atoms. The summed E-state index contributed by atoms with van der Waals surface area (Å²) in [5.74, 6) is 2.02. The molecule has 106 valence electrons. The molecule has 1 fully saturated rings. The van der Waals surface area contributed by atoms with Gasteiger partial charge < -0.3 is 14.8 Å². The highest BCUT2D eigenvalue weighted by molar-refractivity contribution is 7.99. The summed E-state index contributed by atoms with van der Waals surface area (Å²) >= 11 is 1.91. The fourth-order valence-electron chi connectivity index (χ4n) is 2.25. The third-order valence-corrected chi connectivity index (χ3v) is 4.35. The Labute approximate surface area is 117 Å². The Balaban J connectivity index is 2.03. The van der Waals surface area contributed by atoms with E-state index in [2.05, 4.69) is 5.32 Å². The van der Waals surface area contributed by atoms with Crippen molar-refractivity contribution in [1.29, 1.82) is 0 Å². The van der Waals surface area contributed by atoms with E-state index < -0.39 is 0 Å². The lowest BCUT2D eigenvalue weighted by molar-refractivity contribution is 0.0492. The lowest BCUT2D eigenvalue weighted by Crippen LogP contribution is -2.44. The highest BCUT2D eigenvalue weighted by Crippen LogP contribution is 2.21. The number of hydrogen-bond acceptors (Lipinski definition) is 4.